The summed E-state index contributed by atoms with van der Waals surface area (Å²) in [6.45, 7) is 5.04. The molecule has 6 nitrogen and oxygen atoms in total. The Balaban J connectivity index is 1.30. The van der Waals surface area contributed by atoms with Gasteiger partial charge < -0.3 is 9.80 Å². The second kappa shape index (κ2) is 8.28. The molecule has 1 aliphatic carbocycles. The van der Waals surface area contributed by atoms with Crippen LogP contribution in [0.2, 0.25) is 5.02 Å². The van der Waals surface area contributed by atoms with Gasteiger partial charge in [0.05, 0.1) is 11.7 Å². The number of benzene rings is 1. The zero-order valence-electron chi connectivity index (χ0n) is 17.5. The lowest BCUT2D eigenvalue weighted by molar-refractivity contribution is -0.132. The Bertz CT molecular complexity index is 1200. The van der Waals surface area contributed by atoms with Crippen molar-refractivity contribution in [3.63, 3.8) is 0 Å². The minimum absolute atomic E-state index is 0.0355. The number of thiophene rings is 1. The molecule has 0 unspecified atom stereocenters. The fraction of sp³-hybridized carbons (Fsp3) is 0.435. The summed E-state index contributed by atoms with van der Waals surface area (Å²) in [7, 11) is 0. The van der Waals surface area contributed by atoms with Gasteiger partial charge in [-0.25, -0.2) is 4.98 Å². The first-order valence-corrected chi connectivity index (χ1v) is 12.0. The molecule has 0 bridgehead atoms. The molecule has 2 aromatic heterocycles. The molecular formula is C23H25ClN4O2S. The molecule has 3 heterocycles. The van der Waals surface area contributed by atoms with Gasteiger partial charge in [0, 0.05) is 41.8 Å². The van der Waals surface area contributed by atoms with E-state index in [0.717, 1.165) is 53.8 Å². The molecule has 0 radical (unpaired) electrons. The number of rotatable bonds is 3. The highest BCUT2D eigenvalue weighted by atomic mass is 35.5. The van der Waals surface area contributed by atoms with E-state index in [4.69, 9.17) is 11.6 Å². The molecule has 5 rings (SSSR count). The van der Waals surface area contributed by atoms with Gasteiger partial charge in [-0.05, 0) is 48.9 Å². The van der Waals surface area contributed by atoms with E-state index in [2.05, 4.69) is 16.8 Å². The maximum Gasteiger partial charge on any atom is 0.262 e. The van der Waals surface area contributed by atoms with Crippen LogP contribution in [-0.2, 0) is 24.2 Å². The van der Waals surface area contributed by atoms with Crippen LogP contribution in [-0.4, -0.2) is 46.5 Å². The van der Waals surface area contributed by atoms with Gasteiger partial charge >= 0.3 is 0 Å². The zero-order valence-corrected chi connectivity index (χ0v) is 19.1. The topological polar surface area (TPSA) is 58.4 Å². The SMILES string of the molecule is C[C@@H]1CCc2c(sc3ncn(CC(=O)N4CCN(c5cccc(Cl)c5)CC4)c(=O)c23)C1. The lowest BCUT2D eigenvalue weighted by Crippen LogP contribution is -2.50. The summed E-state index contributed by atoms with van der Waals surface area (Å²) in [5.74, 6) is 0.613. The van der Waals surface area contributed by atoms with Crippen molar-refractivity contribution in [2.45, 2.75) is 32.7 Å². The van der Waals surface area contributed by atoms with Crippen molar-refractivity contribution in [3.8, 4) is 0 Å². The predicted octanol–water partition coefficient (Wildman–Crippen LogP) is 3.59. The third-order valence-corrected chi connectivity index (χ3v) is 7.79. The van der Waals surface area contributed by atoms with Crippen LogP contribution in [0.15, 0.2) is 35.4 Å². The molecule has 1 aromatic carbocycles. The summed E-state index contributed by atoms with van der Waals surface area (Å²) in [5.41, 5.74) is 2.15. The third-order valence-electron chi connectivity index (χ3n) is 6.39. The van der Waals surface area contributed by atoms with Crippen molar-refractivity contribution in [1.29, 1.82) is 0 Å². The Morgan fingerprint density at radius 2 is 2.06 bits per heavy atom. The van der Waals surface area contributed by atoms with Crippen LogP contribution in [0, 0.1) is 5.92 Å². The lowest BCUT2D eigenvalue weighted by Gasteiger charge is -2.36. The van der Waals surface area contributed by atoms with Crippen LogP contribution in [0.3, 0.4) is 0 Å². The minimum Gasteiger partial charge on any atom is -0.368 e. The van der Waals surface area contributed by atoms with Gasteiger partial charge in [-0.2, -0.15) is 0 Å². The number of aromatic nitrogens is 2. The molecule has 162 valence electrons. The molecule has 2 aliphatic rings. The molecule has 3 aromatic rings. The number of halogens is 1. The number of carbonyl (C=O) groups excluding carboxylic acids is 1. The number of aryl methyl sites for hydroxylation is 1. The van der Waals surface area contributed by atoms with Crippen LogP contribution >= 0.6 is 22.9 Å². The Labute approximate surface area is 190 Å². The fourth-order valence-corrected chi connectivity index (χ4v) is 6.14. The van der Waals surface area contributed by atoms with Gasteiger partial charge in [0.2, 0.25) is 5.91 Å². The molecule has 0 spiro atoms. The monoisotopic (exact) mass is 456 g/mol. The van der Waals surface area contributed by atoms with Gasteiger partial charge in [0.15, 0.2) is 0 Å². The molecular weight excluding hydrogens is 432 g/mol. The van der Waals surface area contributed by atoms with E-state index in [-0.39, 0.29) is 18.0 Å². The van der Waals surface area contributed by atoms with E-state index in [0.29, 0.717) is 24.0 Å². The van der Waals surface area contributed by atoms with E-state index in [1.165, 1.54) is 15.8 Å². The second-order valence-electron chi connectivity index (χ2n) is 8.56. The average molecular weight is 457 g/mol. The molecule has 1 fully saturated rings. The molecule has 1 atom stereocenters. The Morgan fingerprint density at radius 1 is 1.26 bits per heavy atom. The highest BCUT2D eigenvalue weighted by Crippen LogP contribution is 2.35. The van der Waals surface area contributed by atoms with E-state index in [1.54, 1.807) is 11.3 Å². The molecule has 0 N–H and O–H groups in total. The summed E-state index contributed by atoms with van der Waals surface area (Å²) in [4.78, 5) is 36.8. The summed E-state index contributed by atoms with van der Waals surface area (Å²) < 4.78 is 1.49. The van der Waals surface area contributed by atoms with Crippen molar-refractivity contribution in [2.75, 3.05) is 31.1 Å². The summed E-state index contributed by atoms with van der Waals surface area (Å²) in [6, 6.07) is 7.78. The highest BCUT2D eigenvalue weighted by molar-refractivity contribution is 7.18. The number of hydrogen-bond donors (Lipinski definition) is 0. The highest BCUT2D eigenvalue weighted by Gasteiger charge is 2.25. The molecule has 1 saturated heterocycles. The summed E-state index contributed by atoms with van der Waals surface area (Å²) >= 11 is 7.74. The van der Waals surface area contributed by atoms with E-state index < -0.39 is 0 Å². The van der Waals surface area contributed by atoms with E-state index in [1.807, 2.05) is 29.2 Å². The molecule has 1 aliphatic heterocycles. The first-order chi connectivity index (χ1) is 15.0. The normalized spacial score (nSPS) is 19.0. The predicted molar refractivity (Wildman–Crippen MR) is 125 cm³/mol. The number of anilines is 1. The first kappa shape index (κ1) is 20.5. The molecule has 0 saturated carbocycles. The largest absolute Gasteiger partial charge is 0.368 e. The van der Waals surface area contributed by atoms with Crippen LogP contribution in [0.4, 0.5) is 5.69 Å². The molecule has 31 heavy (non-hydrogen) atoms. The van der Waals surface area contributed by atoms with Gasteiger partial charge in [0.1, 0.15) is 11.4 Å². The number of piperazine rings is 1. The third kappa shape index (κ3) is 3.96. The zero-order chi connectivity index (χ0) is 21.5. The summed E-state index contributed by atoms with van der Waals surface area (Å²) in [6.07, 6.45) is 4.58. The first-order valence-electron chi connectivity index (χ1n) is 10.8. The fourth-order valence-electron chi connectivity index (χ4n) is 4.61. The molecule has 1 amide bonds. The quantitative estimate of drug-likeness (QED) is 0.604. The van der Waals surface area contributed by atoms with Crippen LogP contribution in [0.25, 0.3) is 10.2 Å². The van der Waals surface area contributed by atoms with Gasteiger partial charge in [-0.3, -0.25) is 14.2 Å². The standard InChI is InChI=1S/C23H25ClN4O2S/c1-15-5-6-18-19(11-15)31-22-21(18)23(30)28(14-25-22)13-20(29)27-9-7-26(8-10-27)17-4-2-3-16(24)12-17/h2-4,12,14-15H,5-11,13H2,1H3/t15-/m1/s1. The number of amides is 1. The van der Waals surface area contributed by atoms with Gasteiger partial charge in [-0.1, -0.05) is 24.6 Å². The smallest absolute Gasteiger partial charge is 0.262 e. The van der Waals surface area contributed by atoms with Crippen LogP contribution in [0.5, 0.6) is 0 Å². The van der Waals surface area contributed by atoms with Crippen molar-refractivity contribution in [3.05, 3.63) is 56.4 Å². The number of fused-ring (bicyclic) bond motifs is 3. The van der Waals surface area contributed by atoms with Crippen molar-refractivity contribution >= 4 is 44.7 Å². The van der Waals surface area contributed by atoms with Gasteiger partial charge in [0.25, 0.3) is 5.56 Å². The molecule has 8 heteroatoms. The van der Waals surface area contributed by atoms with Gasteiger partial charge in [-0.15, -0.1) is 11.3 Å². The Kier molecular flexibility index (Phi) is 5.48. The Morgan fingerprint density at radius 3 is 2.84 bits per heavy atom. The van der Waals surface area contributed by atoms with E-state index >= 15 is 0 Å². The average Bonchev–Trinajstić information content (AvgIpc) is 3.14. The van der Waals surface area contributed by atoms with Crippen molar-refractivity contribution < 1.29 is 4.79 Å². The van der Waals surface area contributed by atoms with Crippen LogP contribution in [0.1, 0.15) is 23.8 Å². The minimum atomic E-state index is -0.0806. The lowest BCUT2D eigenvalue weighted by atomic mass is 9.89. The maximum absolute atomic E-state index is 13.2. The van der Waals surface area contributed by atoms with Crippen molar-refractivity contribution in [2.24, 2.45) is 5.92 Å². The number of carbonyl (C=O) groups is 1. The second-order valence-corrected chi connectivity index (χ2v) is 10.1. The summed E-state index contributed by atoms with van der Waals surface area (Å²) in [5, 5.41) is 1.44. The van der Waals surface area contributed by atoms with Crippen LogP contribution < -0.4 is 10.5 Å². The maximum atomic E-state index is 13.2. The van der Waals surface area contributed by atoms with E-state index in [9.17, 15) is 9.59 Å². The Hall–Kier alpha value is -2.38. The van der Waals surface area contributed by atoms with Crippen molar-refractivity contribution in [1.82, 2.24) is 14.5 Å². The number of hydrogen-bond acceptors (Lipinski definition) is 5. The number of nitrogens with zero attached hydrogens (tertiary/aromatic N) is 4.